The van der Waals surface area contributed by atoms with Gasteiger partial charge in [0.15, 0.2) is 0 Å². The maximum absolute atomic E-state index is 12.0. The van der Waals surface area contributed by atoms with Crippen molar-refractivity contribution in [2.24, 2.45) is 0 Å². The van der Waals surface area contributed by atoms with Crippen molar-refractivity contribution in [3.63, 3.8) is 0 Å². The zero-order valence-corrected chi connectivity index (χ0v) is 12.3. The zero-order valence-electron chi connectivity index (χ0n) is 9.93. The van der Waals surface area contributed by atoms with Crippen LogP contribution in [-0.4, -0.2) is 22.0 Å². The molecule has 7 heteroatoms. The van der Waals surface area contributed by atoms with E-state index in [1.807, 2.05) is 0 Å². The number of carboxylic acid groups (broad SMARTS) is 1. The van der Waals surface area contributed by atoms with Gasteiger partial charge in [-0.3, -0.25) is 4.79 Å². The molecule has 102 valence electrons. The van der Waals surface area contributed by atoms with Crippen molar-refractivity contribution in [1.29, 1.82) is 0 Å². The first-order chi connectivity index (χ1) is 9.47. The maximum atomic E-state index is 12.0. The summed E-state index contributed by atoms with van der Waals surface area (Å²) >= 11 is 9.22. The average molecular weight is 356 g/mol. The van der Waals surface area contributed by atoms with Crippen molar-refractivity contribution in [2.45, 2.75) is 0 Å². The average Bonchev–Trinajstić information content (AvgIpc) is 2.38. The van der Waals surface area contributed by atoms with Crippen molar-refractivity contribution in [2.75, 3.05) is 5.32 Å². The Morgan fingerprint density at radius 3 is 2.65 bits per heavy atom. The largest absolute Gasteiger partial charge is 0.477 e. The predicted molar refractivity (Wildman–Crippen MR) is 78.3 cm³/mol. The topological polar surface area (TPSA) is 79.3 Å². The van der Waals surface area contributed by atoms with Crippen LogP contribution in [0.1, 0.15) is 20.8 Å². The second kappa shape index (κ2) is 6.02. The van der Waals surface area contributed by atoms with Crippen LogP contribution in [0, 0.1) is 0 Å². The van der Waals surface area contributed by atoms with Crippen LogP contribution in [0.4, 0.5) is 5.69 Å². The number of benzene rings is 1. The highest BCUT2D eigenvalue weighted by molar-refractivity contribution is 9.10. The minimum atomic E-state index is -1.16. The molecule has 0 aliphatic carbocycles. The van der Waals surface area contributed by atoms with E-state index in [1.165, 1.54) is 18.3 Å². The second-order valence-corrected chi connectivity index (χ2v) is 5.14. The molecule has 0 aliphatic heterocycles. The van der Waals surface area contributed by atoms with Gasteiger partial charge in [0.25, 0.3) is 5.91 Å². The van der Waals surface area contributed by atoms with Crippen LogP contribution in [0.15, 0.2) is 41.0 Å². The lowest BCUT2D eigenvalue weighted by atomic mass is 10.2. The van der Waals surface area contributed by atoms with Gasteiger partial charge in [-0.25, -0.2) is 9.78 Å². The van der Waals surface area contributed by atoms with Crippen molar-refractivity contribution in [1.82, 2.24) is 4.98 Å². The molecule has 20 heavy (non-hydrogen) atoms. The number of carbonyl (C=O) groups excluding carboxylic acids is 1. The molecule has 1 heterocycles. The smallest absolute Gasteiger partial charge is 0.354 e. The van der Waals surface area contributed by atoms with Crippen LogP contribution in [-0.2, 0) is 0 Å². The summed E-state index contributed by atoms with van der Waals surface area (Å²) in [6, 6.07) is 7.63. The molecule has 5 nitrogen and oxygen atoms in total. The number of carboxylic acids is 1. The molecule has 0 spiro atoms. The monoisotopic (exact) mass is 354 g/mol. The molecule has 1 aromatic heterocycles. The number of rotatable bonds is 3. The van der Waals surface area contributed by atoms with Gasteiger partial charge >= 0.3 is 5.97 Å². The molecule has 0 saturated carbocycles. The highest BCUT2D eigenvalue weighted by Crippen LogP contribution is 2.22. The number of carbonyl (C=O) groups is 2. The Hall–Kier alpha value is -1.92. The van der Waals surface area contributed by atoms with Crippen LogP contribution in [0.3, 0.4) is 0 Å². The fraction of sp³-hybridized carbons (Fsp3) is 0. The van der Waals surface area contributed by atoms with Crippen molar-refractivity contribution < 1.29 is 14.7 Å². The third-order valence-corrected chi connectivity index (χ3v) is 3.22. The van der Waals surface area contributed by atoms with Gasteiger partial charge in [-0.1, -0.05) is 27.5 Å². The fourth-order valence-electron chi connectivity index (χ4n) is 1.50. The molecule has 2 aromatic rings. The Balaban J connectivity index is 2.23. The van der Waals surface area contributed by atoms with E-state index >= 15 is 0 Å². The van der Waals surface area contributed by atoms with E-state index in [-0.39, 0.29) is 5.69 Å². The summed E-state index contributed by atoms with van der Waals surface area (Å²) in [6.07, 6.45) is 1.31. The van der Waals surface area contributed by atoms with Crippen LogP contribution in [0.25, 0.3) is 0 Å². The van der Waals surface area contributed by atoms with Gasteiger partial charge in [0, 0.05) is 16.4 Å². The summed E-state index contributed by atoms with van der Waals surface area (Å²) in [7, 11) is 0. The van der Waals surface area contributed by atoms with E-state index in [0.717, 1.165) is 4.47 Å². The summed E-state index contributed by atoms with van der Waals surface area (Å²) in [6.45, 7) is 0. The standard InChI is InChI=1S/C13H8BrClN2O3/c14-7-1-2-9(10(15)5-7)12(18)17-8-3-4-16-11(6-8)13(19)20/h1-6H,(H,19,20)(H,16,17,18). The van der Waals surface area contributed by atoms with Gasteiger partial charge in [-0.15, -0.1) is 0 Å². The number of nitrogens with zero attached hydrogens (tertiary/aromatic N) is 1. The first kappa shape index (κ1) is 14.5. The lowest BCUT2D eigenvalue weighted by Gasteiger charge is -2.07. The number of aromatic carboxylic acids is 1. The van der Waals surface area contributed by atoms with E-state index in [1.54, 1.807) is 18.2 Å². The van der Waals surface area contributed by atoms with E-state index in [0.29, 0.717) is 16.3 Å². The molecular formula is C13H8BrClN2O3. The Morgan fingerprint density at radius 1 is 1.25 bits per heavy atom. The van der Waals surface area contributed by atoms with Crippen molar-refractivity contribution in [3.05, 3.63) is 57.3 Å². The van der Waals surface area contributed by atoms with E-state index in [4.69, 9.17) is 16.7 Å². The van der Waals surface area contributed by atoms with Gasteiger partial charge in [0.05, 0.1) is 10.6 Å². The highest BCUT2D eigenvalue weighted by Gasteiger charge is 2.12. The SMILES string of the molecule is O=C(O)c1cc(NC(=O)c2ccc(Br)cc2Cl)ccn1. The third-order valence-electron chi connectivity index (χ3n) is 2.41. The number of hydrogen-bond acceptors (Lipinski definition) is 3. The van der Waals surface area contributed by atoms with Crippen molar-refractivity contribution in [3.8, 4) is 0 Å². The normalized spacial score (nSPS) is 10.1. The Kier molecular flexibility index (Phi) is 4.36. The highest BCUT2D eigenvalue weighted by atomic mass is 79.9. The molecular weight excluding hydrogens is 348 g/mol. The number of aromatic nitrogens is 1. The Morgan fingerprint density at radius 2 is 2.00 bits per heavy atom. The van der Waals surface area contributed by atoms with Crippen LogP contribution >= 0.6 is 27.5 Å². The summed E-state index contributed by atoms with van der Waals surface area (Å²) < 4.78 is 0.760. The molecule has 0 saturated heterocycles. The van der Waals surface area contributed by atoms with E-state index < -0.39 is 11.9 Å². The number of anilines is 1. The molecule has 0 bridgehead atoms. The van der Waals surface area contributed by atoms with Gasteiger partial charge < -0.3 is 10.4 Å². The number of amides is 1. The lowest BCUT2D eigenvalue weighted by molar-refractivity contribution is 0.0690. The molecule has 2 N–H and O–H groups in total. The molecule has 1 aromatic carbocycles. The number of hydrogen-bond donors (Lipinski definition) is 2. The second-order valence-electron chi connectivity index (χ2n) is 3.81. The molecule has 0 aliphatic rings. The minimum Gasteiger partial charge on any atom is -0.477 e. The summed E-state index contributed by atoms with van der Waals surface area (Å²) in [5.41, 5.74) is 0.481. The first-order valence-corrected chi connectivity index (χ1v) is 6.60. The van der Waals surface area contributed by atoms with Gasteiger partial charge in [-0.05, 0) is 30.3 Å². The maximum Gasteiger partial charge on any atom is 0.354 e. The summed E-state index contributed by atoms with van der Waals surface area (Å²) in [4.78, 5) is 26.5. The van der Waals surface area contributed by atoms with Crippen LogP contribution in [0.2, 0.25) is 5.02 Å². The number of pyridine rings is 1. The van der Waals surface area contributed by atoms with Crippen LogP contribution < -0.4 is 5.32 Å². The predicted octanol–water partition coefficient (Wildman–Crippen LogP) is 3.45. The van der Waals surface area contributed by atoms with Crippen molar-refractivity contribution >= 4 is 45.1 Å². The molecule has 2 rings (SSSR count). The van der Waals surface area contributed by atoms with Crippen LogP contribution in [0.5, 0.6) is 0 Å². The quantitative estimate of drug-likeness (QED) is 0.884. The minimum absolute atomic E-state index is 0.148. The lowest BCUT2D eigenvalue weighted by Crippen LogP contribution is -2.13. The van der Waals surface area contributed by atoms with E-state index in [2.05, 4.69) is 26.2 Å². The van der Waals surface area contributed by atoms with Gasteiger partial charge in [0.2, 0.25) is 0 Å². The Bertz CT molecular complexity index is 691. The molecule has 0 radical (unpaired) electrons. The number of halogens is 2. The van der Waals surface area contributed by atoms with Gasteiger partial charge in [-0.2, -0.15) is 0 Å². The third kappa shape index (κ3) is 3.34. The summed E-state index contributed by atoms with van der Waals surface area (Å²) in [5.74, 6) is -1.59. The van der Waals surface area contributed by atoms with E-state index in [9.17, 15) is 9.59 Å². The fourth-order valence-corrected chi connectivity index (χ4v) is 2.26. The zero-order chi connectivity index (χ0) is 14.7. The molecule has 0 atom stereocenters. The Labute approximate surface area is 127 Å². The molecule has 0 unspecified atom stereocenters. The van der Waals surface area contributed by atoms with Gasteiger partial charge in [0.1, 0.15) is 5.69 Å². The number of nitrogens with one attached hydrogen (secondary N) is 1. The molecule has 0 fully saturated rings. The first-order valence-electron chi connectivity index (χ1n) is 5.43. The summed E-state index contributed by atoms with van der Waals surface area (Å²) in [5, 5.41) is 11.7. The molecule has 1 amide bonds.